The van der Waals surface area contributed by atoms with E-state index in [0.717, 1.165) is 18.4 Å². The smallest absolute Gasteiger partial charge is 0.259 e. The molecule has 2 N–H and O–H groups in total. The molecule has 5 rings (SSSR count). The Hall–Kier alpha value is -4.21. The largest absolute Gasteiger partial charge is 0.456 e. The summed E-state index contributed by atoms with van der Waals surface area (Å²) in [5.41, 5.74) is 3.32. The van der Waals surface area contributed by atoms with Crippen LogP contribution in [0.15, 0.2) is 42.7 Å². The minimum atomic E-state index is -0.231. The number of aromatic nitrogens is 5. The van der Waals surface area contributed by atoms with E-state index in [1.165, 1.54) is 0 Å². The maximum absolute atomic E-state index is 12.7. The van der Waals surface area contributed by atoms with E-state index in [0.29, 0.717) is 34.1 Å². The molecule has 4 aromatic rings. The zero-order valence-electron chi connectivity index (χ0n) is 18.5. The number of nitrogens with one attached hydrogen (secondary N) is 2. The van der Waals surface area contributed by atoms with Crippen LogP contribution in [0.3, 0.4) is 0 Å². The Morgan fingerprint density at radius 3 is 2.55 bits per heavy atom. The third-order valence-corrected chi connectivity index (χ3v) is 5.44. The molecule has 1 saturated carbocycles. The molecule has 10 heteroatoms. The summed E-state index contributed by atoms with van der Waals surface area (Å²) >= 11 is 0. The molecular weight excluding hydrogens is 422 g/mol. The number of rotatable bonds is 6. The molecule has 1 fully saturated rings. The fourth-order valence-corrected chi connectivity index (χ4v) is 3.48. The Labute approximate surface area is 189 Å². The molecule has 1 aromatic carbocycles. The van der Waals surface area contributed by atoms with E-state index in [2.05, 4.69) is 25.8 Å². The lowest BCUT2D eigenvalue weighted by Crippen LogP contribution is -2.14. The van der Waals surface area contributed by atoms with Crippen molar-refractivity contribution in [2.75, 3.05) is 10.6 Å². The highest BCUT2D eigenvalue weighted by Gasteiger charge is 2.30. The van der Waals surface area contributed by atoms with Crippen LogP contribution in [-0.2, 0) is 11.8 Å². The third kappa shape index (κ3) is 4.40. The highest BCUT2D eigenvalue weighted by Crippen LogP contribution is 2.30. The zero-order valence-corrected chi connectivity index (χ0v) is 18.5. The highest BCUT2D eigenvalue weighted by atomic mass is 16.5. The number of benzene rings is 1. The quantitative estimate of drug-likeness (QED) is 0.470. The highest BCUT2D eigenvalue weighted by molar-refractivity contribution is 6.05. The average Bonchev–Trinajstić information content (AvgIpc) is 3.46. The maximum atomic E-state index is 12.7. The predicted octanol–water partition coefficient (Wildman–Crippen LogP) is 3.47. The van der Waals surface area contributed by atoms with Gasteiger partial charge in [0.25, 0.3) is 5.91 Å². The number of hydrogen-bond donors (Lipinski definition) is 2. The summed E-state index contributed by atoms with van der Waals surface area (Å²) in [4.78, 5) is 29.0. The fraction of sp³-hybridized carbons (Fsp3) is 0.261. The normalized spacial score (nSPS) is 13.2. The first-order valence-corrected chi connectivity index (χ1v) is 10.6. The molecule has 2 amide bonds. The summed E-state index contributed by atoms with van der Waals surface area (Å²) in [5.74, 6) is 1.17. The fourth-order valence-electron chi connectivity index (χ4n) is 3.48. The minimum absolute atomic E-state index is 0.0434. The van der Waals surface area contributed by atoms with E-state index in [1.54, 1.807) is 53.8 Å². The topological polar surface area (TPSA) is 115 Å². The van der Waals surface area contributed by atoms with Crippen molar-refractivity contribution < 1.29 is 14.3 Å². The molecular formula is C23H23N7O3. The van der Waals surface area contributed by atoms with Crippen molar-refractivity contribution in [3.05, 3.63) is 59.5 Å². The summed E-state index contributed by atoms with van der Waals surface area (Å²) in [5, 5.41) is 14.2. The van der Waals surface area contributed by atoms with Crippen LogP contribution in [0.4, 0.5) is 11.6 Å². The first-order valence-electron chi connectivity index (χ1n) is 10.6. The molecule has 3 aromatic heterocycles. The van der Waals surface area contributed by atoms with Crippen molar-refractivity contribution in [1.29, 1.82) is 0 Å². The number of amides is 2. The number of hydrogen-bond acceptors (Lipinski definition) is 6. The molecule has 0 unspecified atom stereocenters. The molecule has 0 aliphatic heterocycles. The number of ether oxygens (including phenoxy) is 1. The average molecular weight is 445 g/mol. The van der Waals surface area contributed by atoms with Crippen molar-refractivity contribution in [3.8, 4) is 11.5 Å². The molecule has 1 aliphatic carbocycles. The molecule has 10 nitrogen and oxygen atoms in total. The van der Waals surface area contributed by atoms with Crippen LogP contribution in [0, 0.1) is 19.8 Å². The van der Waals surface area contributed by atoms with E-state index in [1.807, 2.05) is 19.1 Å². The molecule has 0 spiro atoms. The van der Waals surface area contributed by atoms with Crippen LogP contribution in [0.2, 0.25) is 0 Å². The van der Waals surface area contributed by atoms with Crippen molar-refractivity contribution in [2.24, 2.45) is 13.0 Å². The van der Waals surface area contributed by atoms with Gasteiger partial charge in [0.05, 0.1) is 17.5 Å². The van der Waals surface area contributed by atoms with Gasteiger partial charge < -0.3 is 10.1 Å². The van der Waals surface area contributed by atoms with Crippen LogP contribution < -0.4 is 15.4 Å². The summed E-state index contributed by atoms with van der Waals surface area (Å²) in [6.07, 6.45) is 5.21. The summed E-state index contributed by atoms with van der Waals surface area (Å²) in [7, 11) is 1.78. The SMILES string of the molecule is Cc1ccc(Oc2ccc3nc(NC(=O)C4CC4)nn3c2)cc1NC(=O)c1cn(C)nc1C. The van der Waals surface area contributed by atoms with Gasteiger partial charge in [-0.25, -0.2) is 4.52 Å². The molecule has 168 valence electrons. The Bertz CT molecular complexity index is 1380. The van der Waals surface area contributed by atoms with Crippen LogP contribution in [0.1, 0.15) is 34.5 Å². The Balaban J connectivity index is 1.32. The van der Waals surface area contributed by atoms with Gasteiger partial charge in [0, 0.05) is 30.9 Å². The molecule has 1 aliphatic rings. The summed E-state index contributed by atoms with van der Waals surface area (Å²) in [6.45, 7) is 3.71. The van der Waals surface area contributed by atoms with Crippen LogP contribution in [-0.4, -0.2) is 36.2 Å². The van der Waals surface area contributed by atoms with E-state index in [-0.39, 0.29) is 23.7 Å². The standard InChI is InChI=1S/C23H23N7O3/c1-13-4-7-16(10-19(13)24-22(32)18-12-29(3)27-14(18)2)33-17-8-9-20-25-23(28-30(20)11-17)26-21(31)15-5-6-15/h4,7-12,15H,5-6H2,1-3H3,(H,24,32)(H,26,28,31). The number of pyridine rings is 1. The van der Waals surface area contributed by atoms with Gasteiger partial charge in [-0.05, 0) is 50.5 Å². The third-order valence-electron chi connectivity index (χ3n) is 5.44. The van der Waals surface area contributed by atoms with E-state index in [4.69, 9.17) is 4.74 Å². The second kappa shape index (κ2) is 8.05. The van der Waals surface area contributed by atoms with Gasteiger partial charge in [0.1, 0.15) is 11.5 Å². The lowest BCUT2D eigenvalue weighted by Gasteiger charge is -2.11. The van der Waals surface area contributed by atoms with Crippen molar-refractivity contribution in [3.63, 3.8) is 0 Å². The number of carbonyl (C=O) groups is 2. The van der Waals surface area contributed by atoms with E-state index >= 15 is 0 Å². The number of carbonyl (C=O) groups excluding carboxylic acids is 2. The summed E-state index contributed by atoms with van der Waals surface area (Å²) in [6, 6.07) is 9.00. The molecule has 0 atom stereocenters. The van der Waals surface area contributed by atoms with Crippen LogP contribution in [0.5, 0.6) is 11.5 Å². The van der Waals surface area contributed by atoms with Crippen molar-refractivity contribution in [1.82, 2.24) is 24.4 Å². The van der Waals surface area contributed by atoms with Gasteiger partial charge >= 0.3 is 0 Å². The van der Waals surface area contributed by atoms with Gasteiger partial charge in [-0.3, -0.25) is 19.6 Å². The summed E-state index contributed by atoms with van der Waals surface area (Å²) < 4.78 is 9.16. The van der Waals surface area contributed by atoms with Gasteiger partial charge in [-0.2, -0.15) is 10.1 Å². The van der Waals surface area contributed by atoms with Gasteiger partial charge in [0.2, 0.25) is 11.9 Å². The molecule has 0 bridgehead atoms. The lowest BCUT2D eigenvalue weighted by atomic mass is 10.1. The van der Waals surface area contributed by atoms with E-state index in [9.17, 15) is 9.59 Å². The van der Waals surface area contributed by atoms with Gasteiger partial charge in [0.15, 0.2) is 5.65 Å². The Morgan fingerprint density at radius 2 is 1.82 bits per heavy atom. The number of anilines is 2. The molecule has 0 radical (unpaired) electrons. The van der Waals surface area contributed by atoms with E-state index < -0.39 is 0 Å². The molecule has 33 heavy (non-hydrogen) atoms. The Kier molecular flexibility index (Phi) is 5.04. The monoisotopic (exact) mass is 445 g/mol. The van der Waals surface area contributed by atoms with Gasteiger partial charge in [-0.15, -0.1) is 5.10 Å². The second-order valence-corrected chi connectivity index (χ2v) is 8.20. The van der Waals surface area contributed by atoms with Crippen LogP contribution >= 0.6 is 0 Å². The molecule has 0 saturated heterocycles. The first kappa shape index (κ1) is 20.7. The Morgan fingerprint density at radius 1 is 1.03 bits per heavy atom. The maximum Gasteiger partial charge on any atom is 0.259 e. The second-order valence-electron chi connectivity index (χ2n) is 8.20. The zero-order chi connectivity index (χ0) is 23.1. The molecule has 3 heterocycles. The first-order chi connectivity index (χ1) is 15.9. The number of nitrogens with zero attached hydrogens (tertiary/aromatic N) is 5. The minimum Gasteiger partial charge on any atom is -0.456 e. The van der Waals surface area contributed by atoms with Crippen molar-refractivity contribution >= 4 is 29.1 Å². The number of aryl methyl sites for hydroxylation is 3. The van der Waals surface area contributed by atoms with Crippen molar-refractivity contribution in [2.45, 2.75) is 26.7 Å². The lowest BCUT2D eigenvalue weighted by molar-refractivity contribution is -0.117. The van der Waals surface area contributed by atoms with Crippen LogP contribution in [0.25, 0.3) is 5.65 Å². The van der Waals surface area contributed by atoms with Gasteiger partial charge in [-0.1, -0.05) is 6.07 Å². The number of fused-ring (bicyclic) bond motifs is 1. The predicted molar refractivity (Wildman–Crippen MR) is 121 cm³/mol.